The van der Waals surface area contributed by atoms with E-state index in [9.17, 15) is 9.59 Å². The first kappa shape index (κ1) is 24.6. The van der Waals surface area contributed by atoms with Gasteiger partial charge in [0.15, 0.2) is 22.7 Å². The second-order valence-corrected chi connectivity index (χ2v) is 8.32. The standard InChI is InChI=1S/C25H29ClN2O5/c1-5-32-21-9-7-16(14-22(21)31-4)13-19-23(29)18-15-17(26)8-10-20(18)33-24(19)25(30)27-11-6-12-28(2)3/h7-10,14-15H,5-6,11-13H2,1-4H3,(H,27,30). The third-order valence-corrected chi connectivity index (χ3v) is 5.36. The van der Waals surface area contributed by atoms with E-state index in [-0.39, 0.29) is 23.2 Å². The van der Waals surface area contributed by atoms with Gasteiger partial charge in [-0.2, -0.15) is 0 Å². The maximum atomic E-state index is 13.4. The Hall–Kier alpha value is -3.03. The molecule has 8 heteroatoms. The van der Waals surface area contributed by atoms with Gasteiger partial charge in [-0.05, 0) is 69.9 Å². The number of carbonyl (C=O) groups excluding carboxylic acids is 1. The van der Waals surface area contributed by atoms with E-state index in [1.165, 1.54) is 0 Å². The van der Waals surface area contributed by atoms with Crippen molar-refractivity contribution in [2.24, 2.45) is 0 Å². The number of amides is 1. The molecule has 0 saturated heterocycles. The number of hydrogen-bond acceptors (Lipinski definition) is 6. The van der Waals surface area contributed by atoms with Crippen LogP contribution in [0.1, 0.15) is 35.0 Å². The fourth-order valence-electron chi connectivity index (χ4n) is 3.53. The molecule has 1 amide bonds. The van der Waals surface area contributed by atoms with Crippen molar-refractivity contribution in [3.05, 3.63) is 68.5 Å². The molecule has 3 aromatic rings. The summed E-state index contributed by atoms with van der Waals surface area (Å²) in [6, 6.07) is 10.2. The second kappa shape index (κ2) is 11.2. The molecule has 0 aliphatic rings. The van der Waals surface area contributed by atoms with Crippen LogP contribution in [0.15, 0.2) is 45.6 Å². The van der Waals surface area contributed by atoms with Crippen molar-refractivity contribution in [2.45, 2.75) is 19.8 Å². The van der Waals surface area contributed by atoms with E-state index in [4.69, 9.17) is 25.5 Å². The van der Waals surface area contributed by atoms with Crippen LogP contribution in [-0.2, 0) is 6.42 Å². The molecule has 0 aliphatic carbocycles. The monoisotopic (exact) mass is 472 g/mol. The van der Waals surface area contributed by atoms with E-state index >= 15 is 0 Å². The molecule has 3 rings (SSSR count). The van der Waals surface area contributed by atoms with E-state index < -0.39 is 5.91 Å². The summed E-state index contributed by atoms with van der Waals surface area (Å²) in [5.41, 5.74) is 1.08. The number of hydrogen-bond donors (Lipinski definition) is 1. The molecule has 0 aliphatic heterocycles. The lowest BCUT2D eigenvalue weighted by molar-refractivity contribution is 0.0923. The highest BCUT2D eigenvalue weighted by Gasteiger charge is 2.21. The van der Waals surface area contributed by atoms with Gasteiger partial charge >= 0.3 is 0 Å². The largest absolute Gasteiger partial charge is 0.493 e. The molecular weight excluding hydrogens is 444 g/mol. The molecule has 0 atom stereocenters. The molecule has 2 aromatic carbocycles. The first-order chi connectivity index (χ1) is 15.8. The smallest absolute Gasteiger partial charge is 0.287 e. The van der Waals surface area contributed by atoms with Crippen LogP contribution >= 0.6 is 11.6 Å². The minimum atomic E-state index is -0.421. The Morgan fingerprint density at radius 3 is 2.64 bits per heavy atom. The molecule has 0 radical (unpaired) electrons. The fourth-order valence-corrected chi connectivity index (χ4v) is 3.70. The zero-order chi connectivity index (χ0) is 24.0. The number of carbonyl (C=O) groups is 1. The molecule has 0 fully saturated rings. The van der Waals surface area contributed by atoms with Crippen LogP contribution in [0.2, 0.25) is 5.02 Å². The van der Waals surface area contributed by atoms with Gasteiger partial charge in [0.1, 0.15) is 5.58 Å². The van der Waals surface area contributed by atoms with Crippen molar-refractivity contribution in [2.75, 3.05) is 40.9 Å². The quantitative estimate of drug-likeness (QED) is 0.447. The van der Waals surface area contributed by atoms with Crippen molar-refractivity contribution in [3.63, 3.8) is 0 Å². The summed E-state index contributed by atoms with van der Waals surface area (Å²) in [7, 11) is 5.50. The van der Waals surface area contributed by atoms with Crippen molar-refractivity contribution >= 4 is 28.5 Å². The number of ether oxygens (including phenoxy) is 2. The van der Waals surface area contributed by atoms with Crippen molar-refractivity contribution in [1.29, 1.82) is 0 Å². The Morgan fingerprint density at radius 1 is 1.15 bits per heavy atom. The zero-order valence-electron chi connectivity index (χ0n) is 19.4. The Balaban J connectivity index is 2.01. The summed E-state index contributed by atoms with van der Waals surface area (Å²) >= 11 is 6.11. The van der Waals surface area contributed by atoms with Crippen LogP contribution in [0.25, 0.3) is 11.0 Å². The maximum absolute atomic E-state index is 13.4. The van der Waals surface area contributed by atoms with Gasteiger partial charge in [-0.1, -0.05) is 17.7 Å². The van der Waals surface area contributed by atoms with Crippen LogP contribution < -0.4 is 20.2 Å². The van der Waals surface area contributed by atoms with Crippen LogP contribution in [-0.4, -0.2) is 51.7 Å². The van der Waals surface area contributed by atoms with Gasteiger partial charge in [0.05, 0.1) is 24.7 Å². The van der Waals surface area contributed by atoms with Crippen LogP contribution in [0.3, 0.4) is 0 Å². The Labute approximate surface area is 198 Å². The lowest BCUT2D eigenvalue weighted by atomic mass is 10.0. The summed E-state index contributed by atoms with van der Waals surface area (Å²) in [5.74, 6) is 0.750. The molecule has 0 saturated carbocycles. The Kier molecular flexibility index (Phi) is 8.36. The zero-order valence-corrected chi connectivity index (χ0v) is 20.1. The SMILES string of the molecule is CCOc1ccc(Cc2c(C(=O)NCCCN(C)C)oc3ccc(Cl)cc3c2=O)cc1OC. The van der Waals surface area contributed by atoms with E-state index in [1.54, 1.807) is 37.4 Å². The molecule has 33 heavy (non-hydrogen) atoms. The Morgan fingerprint density at radius 2 is 1.94 bits per heavy atom. The fraction of sp³-hybridized carbons (Fsp3) is 0.360. The number of benzene rings is 2. The molecule has 7 nitrogen and oxygen atoms in total. The van der Waals surface area contributed by atoms with Gasteiger partial charge in [0.2, 0.25) is 0 Å². The summed E-state index contributed by atoms with van der Waals surface area (Å²) in [6.07, 6.45) is 0.964. The summed E-state index contributed by atoms with van der Waals surface area (Å²) in [4.78, 5) is 28.4. The third-order valence-electron chi connectivity index (χ3n) is 5.13. The highest BCUT2D eigenvalue weighted by Crippen LogP contribution is 2.29. The topological polar surface area (TPSA) is 81.0 Å². The average molecular weight is 473 g/mol. The van der Waals surface area contributed by atoms with Crippen molar-refractivity contribution in [1.82, 2.24) is 10.2 Å². The molecule has 1 aromatic heterocycles. The third kappa shape index (κ3) is 6.06. The number of nitrogens with zero attached hydrogens (tertiary/aromatic N) is 1. The average Bonchev–Trinajstić information content (AvgIpc) is 2.79. The first-order valence-electron chi connectivity index (χ1n) is 10.8. The number of methoxy groups -OCH3 is 1. The van der Waals surface area contributed by atoms with Gasteiger partial charge in [0, 0.05) is 18.0 Å². The maximum Gasteiger partial charge on any atom is 0.287 e. The lowest BCUT2D eigenvalue weighted by Gasteiger charge is -2.14. The molecule has 1 heterocycles. The number of nitrogens with one attached hydrogen (secondary N) is 1. The minimum absolute atomic E-state index is 0.00697. The van der Waals surface area contributed by atoms with Gasteiger partial charge in [0.25, 0.3) is 5.91 Å². The summed E-state index contributed by atoms with van der Waals surface area (Å²) in [5, 5.41) is 3.62. The molecule has 0 bridgehead atoms. The predicted molar refractivity (Wildman–Crippen MR) is 130 cm³/mol. The highest BCUT2D eigenvalue weighted by molar-refractivity contribution is 6.31. The lowest BCUT2D eigenvalue weighted by Crippen LogP contribution is -2.29. The molecular formula is C25H29ClN2O5. The normalized spacial score (nSPS) is 11.1. The van der Waals surface area contributed by atoms with E-state index in [0.29, 0.717) is 40.6 Å². The van der Waals surface area contributed by atoms with Crippen molar-refractivity contribution in [3.8, 4) is 11.5 Å². The minimum Gasteiger partial charge on any atom is -0.493 e. The van der Waals surface area contributed by atoms with Crippen LogP contribution in [0, 0.1) is 0 Å². The van der Waals surface area contributed by atoms with Gasteiger partial charge < -0.3 is 24.1 Å². The first-order valence-corrected chi connectivity index (χ1v) is 11.2. The van der Waals surface area contributed by atoms with E-state index in [0.717, 1.165) is 18.5 Å². The number of fused-ring (bicyclic) bond motifs is 1. The summed E-state index contributed by atoms with van der Waals surface area (Å²) in [6.45, 7) is 3.69. The van der Waals surface area contributed by atoms with E-state index in [2.05, 4.69) is 5.32 Å². The van der Waals surface area contributed by atoms with Crippen molar-refractivity contribution < 1.29 is 18.7 Å². The van der Waals surface area contributed by atoms with Crippen LogP contribution in [0.5, 0.6) is 11.5 Å². The Bertz CT molecular complexity index is 1190. The molecule has 0 spiro atoms. The molecule has 176 valence electrons. The molecule has 0 unspecified atom stereocenters. The summed E-state index contributed by atoms with van der Waals surface area (Å²) < 4.78 is 16.9. The second-order valence-electron chi connectivity index (χ2n) is 7.89. The van der Waals surface area contributed by atoms with Gasteiger partial charge in [-0.15, -0.1) is 0 Å². The van der Waals surface area contributed by atoms with Gasteiger partial charge in [-0.25, -0.2) is 0 Å². The van der Waals surface area contributed by atoms with E-state index in [1.807, 2.05) is 32.0 Å². The van der Waals surface area contributed by atoms with Crippen LogP contribution in [0.4, 0.5) is 0 Å². The molecule has 1 N–H and O–H groups in total. The van der Waals surface area contributed by atoms with Gasteiger partial charge in [-0.3, -0.25) is 9.59 Å². The predicted octanol–water partition coefficient (Wildman–Crippen LogP) is 4.13. The number of halogens is 1. The number of rotatable bonds is 10. The highest BCUT2D eigenvalue weighted by atomic mass is 35.5.